The van der Waals surface area contributed by atoms with Crippen LogP contribution in [-0.4, -0.2) is 79.2 Å². The summed E-state index contributed by atoms with van der Waals surface area (Å²) in [6.45, 7) is 14.1. The third kappa shape index (κ3) is 25.7. The van der Waals surface area contributed by atoms with Gasteiger partial charge in [-0.05, 0) is 111 Å². The summed E-state index contributed by atoms with van der Waals surface area (Å²) in [6.07, 6.45) is 8.32. The number of hydrogen-bond acceptors (Lipinski definition) is 17. The zero-order valence-corrected chi connectivity index (χ0v) is 50.0. The number of hydrogen-bond donors (Lipinski definition) is 7. The van der Waals surface area contributed by atoms with Crippen molar-refractivity contribution in [3.63, 3.8) is 0 Å². The first-order chi connectivity index (χ1) is 36.8. The predicted octanol–water partition coefficient (Wildman–Crippen LogP) is 14.1. The number of nitrogen functional groups attached to an aromatic ring is 3. The molecule has 24 heteroatoms. The SMILES string of the molecule is CC(C)(C)OC(=O)CCCCCN.CC(C)(C)OC(=O)CCCCCNc1cc(-c2cccc(Cl)c2Cl)nc(N)n1.NCCCCNc1cc(-c2cccc(Cl)c2Cl)nc(N)n1.Nc1nc(Cl)cc(-c2cccc(Cl)c2Cl)n1. The van der Waals surface area contributed by atoms with Crippen LogP contribution in [0.4, 0.5) is 29.5 Å². The molecular weight excluding hydrogens is 1140 g/mol. The molecule has 424 valence electrons. The molecule has 0 saturated heterocycles. The number of nitrogens with one attached hydrogen (secondary N) is 2. The zero-order chi connectivity index (χ0) is 58.0. The van der Waals surface area contributed by atoms with Gasteiger partial charge in [0.15, 0.2) is 0 Å². The Labute approximate surface area is 492 Å². The van der Waals surface area contributed by atoms with Crippen LogP contribution in [-0.2, 0) is 19.1 Å². The maximum atomic E-state index is 11.7. The van der Waals surface area contributed by atoms with Crippen LogP contribution in [0.5, 0.6) is 0 Å². The molecule has 17 nitrogen and oxygen atoms in total. The van der Waals surface area contributed by atoms with Gasteiger partial charge in [0.1, 0.15) is 28.0 Å². The molecule has 6 aromatic rings. The minimum atomic E-state index is -0.435. The van der Waals surface area contributed by atoms with E-state index in [1.807, 2.05) is 59.7 Å². The van der Waals surface area contributed by atoms with Crippen LogP contribution in [0.1, 0.15) is 106 Å². The van der Waals surface area contributed by atoms with E-state index in [1.165, 1.54) is 0 Å². The fourth-order valence-corrected chi connectivity index (χ4v) is 8.10. The van der Waals surface area contributed by atoms with Gasteiger partial charge in [0.05, 0.1) is 47.2 Å². The first-order valence-electron chi connectivity index (χ1n) is 25.0. The third-order valence-corrected chi connectivity index (χ3v) is 12.8. The molecule has 12 N–H and O–H groups in total. The summed E-state index contributed by atoms with van der Waals surface area (Å²) in [4.78, 5) is 47.5. The largest absolute Gasteiger partial charge is 0.460 e. The van der Waals surface area contributed by atoms with Gasteiger partial charge in [-0.25, -0.2) is 19.9 Å². The lowest BCUT2D eigenvalue weighted by Crippen LogP contribution is -2.23. The summed E-state index contributed by atoms with van der Waals surface area (Å²) < 4.78 is 10.4. The summed E-state index contributed by atoms with van der Waals surface area (Å²) in [7, 11) is 0. The van der Waals surface area contributed by atoms with Gasteiger partial charge >= 0.3 is 11.9 Å². The predicted molar refractivity (Wildman–Crippen MR) is 324 cm³/mol. The number of rotatable bonds is 20. The molecule has 0 unspecified atom stereocenters. The van der Waals surface area contributed by atoms with Gasteiger partial charge in [0, 0.05) is 60.8 Å². The Kier molecular flexibility index (Phi) is 29.3. The van der Waals surface area contributed by atoms with Crippen molar-refractivity contribution < 1.29 is 19.1 Å². The Balaban J connectivity index is 0.000000285. The van der Waals surface area contributed by atoms with E-state index in [2.05, 4.69) is 40.5 Å². The molecule has 3 aromatic carbocycles. The quantitative estimate of drug-likeness (QED) is 0.0212. The number of carbonyl (C=O) groups excluding carboxylic acids is 2. The Morgan fingerprint density at radius 2 is 0.795 bits per heavy atom. The topological polar surface area (TPSA) is 284 Å². The number of halogens is 7. The number of nitrogens with zero attached hydrogens (tertiary/aromatic N) is 6. The lowest BCUT2D eigenvalue weighted by Gasteiger charge is -2.19. The molecule has 0 radical (unpaired) electrons. The molecule has 0 aliphatic rings. The van der Waals surface area contributed by atoms with E-state index >= 15 is 0 Å². The smallest absolute Gasteiger partial charge is 0.306 e. The zero-order valence-electron chi connectivity index (χ0n) is 44.7. The van der Waals surface area contributed by atoms with Crippen LogP contribution in [0.15, 0.2) is 72.8 Å². The molecule has 0 bridgehead atoms. The van der Waals surface area contributed by atoms with Crippen molar-refractivity contribution in [1.82, 2.24) is 29.9 Å². The van der Waals surface area contributed by atoms with Crippen molar-refractivity contribution in [1.29, 1.82) is 0 Å². The van der Waals surface area contributed by atoms with Crippen molar-refractivity contribution >= 4 is 123 Å². The number of unbranched alkanes of at least 4 members (excludes halogenated alkanes) is 5. The Bertz CT molecular complexity index is 2830. The molecule has 78 heavy (non-hydrogen) atoms. The molecular formula is C54H70Cl7N13O4. The number of anilines is 5. The number of benzene rings is 3. The van der Waals surface area contributed by atoms with Crippen molar-refractivity contribution in [3.05, 3.63) is 108 Å². The number of nitrogens with two attached hydrogens (primary N) is 5. The average Bonchev–Trinajstić information content (AvgIpc) is 3.35. The molecule has 0 spiro atoms. The van der Waals surface area contributed by atoms with Crippen molar-refractivity contribution in [2.75, 3.05) is 54.0 Å². The number of ether oxygens (including phenoxy) is 2. The van der Waals surface area contributed by atoms with Gasteiger partial charge in [-0.1, -0.05) is 130 Å². The molecule has 3 heterocycles. The molecule has 0 saturated carbocycles. The summed E-state index contributed by atoms with van der Waals surface area (Å²) in [5.74, 6) is 1.44. The number of carbonyl (C=O) groups is 2. The normalized spacial score (nSPS) is 11.0. The van der Waals surface area contributed by atoms with Crippen molar-refractivity contribution in [3.8, 4) is 33.8 Å². The molecule has 0 fully saturated rings. The van der Waals surface area contributed by atoms with E-state index in [1.54, 1.807) is 54.6 Å². The van der Waals surface area contributed by atoms with E-state index in [-0.39, 0.29) is 40.5 Å². The molecule has 0 aliphatic carbocycles. The van der Waals surface area contributed by atoms with Crippen molar-refractivity contribution in [2.45, 2.75) is 117 Å². The maximum Gasteiger partial charge on any atom is 0.306 e. The second-order valence-corrected chi connectivity index (χ2v) is 21.9. The van der Waals surface area contributed by atoms with Gasteiger partial charge in [-0.2, -0.15) is 9.97 Å². The van der Waals surface area contributed by atoms with Crippen LogP contribution >= 0.6 is 81.2 Å². The lowest BCUT2D eigenvalue weighted by molar-refractivity contribution is -0.156. The van der Waals surface area contributed by atoms with Crippen LogP contribution in [0, 0.1) is 0 Å². The lowest BCUT2D eigenvalue weighted by atomic mass is 10.1. The fraction of sp³-hybridized carbons (Fsp3) is 0.407. The van der Waals surface area contributed by atoms with Gasteiger partial charge in [-0.3, -0.25) is 9.59 Å². The second kappa shape index (κ2) is 34.0. The monoisotopic (exact) mass is 1210 g/mol. The van der Waals surface area contributed by atoms with E-state index in [0.717, 1.165) is 63.5 Å². The Hall–Kier alpha value is -5.21. The fourth-order valence-electron chi connectivity index (χ4n) is 6.72. The van der Waals surface area contributed by atoms with E-state index in [9.17, 15) is 9.59 Å². The average molecular weight is 1210 g/mol. The highest BCUT2D eigenvalue weighted by Gasteiger charge is 2.18. The highest BCUT2D eigenvalue weighted by Crippen LogP contribution is 2.36. The molecule has 0 atom stereocenters. The minimum absolute atomic E-state index is 0.0959. The van der Waals surface area contributed by atoms with Gasteiger partial charge in [-0.15, -0.1) is 0 Å². The summed E-state index contributed by atoms with van der Waals surface area (Å²) in [6, 6.07) is 21.2. The molecule has 3 aromatic heterocycles. The second-order valence-electron chi connectivity index (χ2n) is 19.2. The first kappa shape index (κ1) is 67.1. The molecule has 6 rings (SSSR count). The number of esters is 2. The van der Waals surface area contributed by atoms with E-state index in [0.29, 0.717) is 102 Å². The van der Waals surface area contributed by atoms with Crippen LogP contribution < -0.4 is 39.3 Å². The number of aromatic nitrogens is 6. The van der Waals surface area contributed by atoms with Gasteiger partial charge < -0.3 is 48.8 Å². The highest BCUT2D eigenvalue weighted by atomic mass is 35.5. The Morgan fingerprint density at radius 3 is 1.15 bits per heavy atom. The molecule has 0 amide bonds. The van der Waals surface area contributed by atoms with Crippen LogP contribution in [0.2, 0.25) is 35.3 Å². The maximum absolute atomic E-state index is 11.7. The Morgan fingerprint density at radius 1 is 0.462 bits per heavy atom. The summed E-state index contributed by atoms with van der Waals surface area (Å²) in [5.41, 5.74) is 31.0. The van der Waals surface area contributed by atoms with E-state index in [4.69, 9.17) is 119 Å². The first-order valence-corrected chi connectivity index (χ1v) is 27.7. The highest BCUT2D eigenvalue weighted by molar-refractivity contribution is 6.45. The van der Waals surface area contributed by atoms with Crippen LogP contribution in [0.3, 0.4) is 0 Å². The van der Waals surface area contributed by atoms with E-state index < -0.39 is 5.60 Å². The van der Waals surface area contributed by atoms with Crippen molar-refractivity contribution in [2.24, 2.45) is 11.5 Å². The van der Waals surface area contributed by atoms with Crippen LogP contribution in [0.25, 0.3) is 33.8 Å². The van der Waals surface area contributed by atoms with Gasteiger partial charge in [0.2, 0.25) is 17.8 Å². The third-order valence-electron chi connectivity index (χ3n) is 10.1. The standard InChI is InChI=1S/C20H26Cl2N4O2.C14H17Cl2N5.C10H6Cl3N3.C10H21NO2/c1-20(2,3)28-17(27)10-5-4-6-11-24-16-12-15(25-19(23)26-16)13-8-7-9-14(21)18(13)22;15-10-5-3-4-9(13(10)16)11-8-12(21-14(18)20-11)19-7-2-1-6-17;11-6-3-1-2-5(9(6)13)7-4-8(12)16-10(14)15-7;1-10(2,3)13-9(12)7-5-4-6-8-11/h7-9,12H,4-6,10-11H2,1-3H3,(H3,23,24,25,26);3-5,8H,1-2,6-7,17H2,(H3,18,19,20,21);1-4H,(H2,14,15,16);4-8,11H2,1-3H3. The molecule has 0 aliphatic heterocycles. The van der Waals surface area contributed by atoms with Gasteiger partial charge in [0.25, 0.3) is 0 Å². The minimum Gasteiger partial charge on any atom is -0.460 e. The summed E-state index contributed by atoms with van der Waals surface area (Å²) in [5, 5.41) is 9.37. The summed E-state index contributed by atoms with van der Waals surface area (Å²) >= 11 is 42.3.